The van der Waals surface area contributed by atoms with Crippen molar-refractivity contribution in [3.05, 3.63) is 65.1 Å². The molecule has 0 fully saturated rings. The van der Waals surface area contributed by atoms with Crippen LogP contribution in [0.15, 0.2) is 42.5 Å². The van der Waals surface area contributed by atoms with Crippen LogP contribution in [0.25, 0.3) is 16.7 Å². The second kappa shape index (κ2) is 6.79. The highest BCUT2D eigenvalue weighted by atomic mass is 15.3. The van der Waals surface area contributed by atoms with Crippen LogP contribution in [0.3, 0.4) is 0 Å². The summed E-state index contributed by atoms with van der Waals surface area (Å²) in [4.78, 5) is 2.10. The summed E-state index contributed by atoms with van der Waals surface area (Å²) in [6.07, 6.45) is 0. The van der Waals surface area contributed by atoms with Crippen molar-refractivity contribution in [3.8, 4) is 0 Å². The van der Waals surface area contributed by atoms with Crippen molar-refractivity contribution >= 4 is 16.7 Å². The van der Waals surface area contributed by atoms with Crippen LogP contribution in [-0.4, -0.2) is 44.7 Å². The first-order valence-electron chi connectivity index (χ1n) is 9.24. The van der Waals surface area contributed by atoms with Crippen LogP contribution in [0.4, 0.5) is 0 Å². The van der Waals surface area contributed by atoms with Gasteiger partial charge in [-0.15, -0.1) is 10.2 Å². The zero-order valence-corrected chi connectivity index (χ0v) is 16.3. The van der Waals surface area contributed by atoms with Crippen molar-refractivity contribution in [2.45, 2.75) is 26.4 Å². The number of hydrogen-bond acceptors (Lipinski definition) is 4. The lowest BCUT2D eigenvalue weighted by Crippen LogP contribution is -2.26. The predicted octanol–water partition coefficient (Wildman–Crippen LogP) is 2.91. The van der Waals surface area contributed by atoms with Crippen molar-refractivity contribution in [1.82, 2.24) is 24.1 Å². The zero-order chi connectivity index (χ0) is 19.1. The second-order valence-corrected chi connectivity index (χ2v) is 7.50. The number of benzene rings is 1. The molecule has 0 saturated carbocycles. The fourth-order valence-corrected chi connectivity index (χ4v) is 3.80. The topological polar surface area (TPSA) is 64.4 Å². The van der Waals surface area contributed by atoms with Crippen molar-refractivity contribution in [2.75, 3.05) is 20.6 Å². The molecule has 140 valence electrons. The van der Waals surface area contributed by atoms with Gasteiger partial charge in [0.2, 0.25) is 0 Å². The van der Waals surface area contributed by atoms with E-state index >= 15 is 0 Å². The molecule has 27 heavy (non-hydrogen) atoms. The summed E-state index contributed by atoms with van der Waals surface area (Å²) < 4.78 is 4.48. The number of nitrogens with zero attached hydrogens (tertiary/aromatic N) is 5. The first kappa shape index (κ1) is 17.7. The van der Waals surface area contributed by atoms with Gasteiger partial charge >= 0.3 is 0 Å². The van der Waals surface area contributed by atoms with Gasteiger partial charge in [0.05, 0.1) is 11.0 Å². The van der Waals surface area contributed by atoms with Crippen LogP contribution in [-0.2, 0) is 6.54 Å². The van der Waals surface area contributed by atoms with Gasteiger partial charge in [-0.2, -0.15) is 0 Å². The maximum Gasteiger partial charge on any atom is 0.166 e. The van der Waals surface area contributed by atoms with Crippen LogP contribution < -0.4 is 5.73 Å². The number of nitrogens with two attached hydrogens (primary N) is 1. The largest absolute Gasteiger partial charge is 0.339 e. The molecular weight excluding hydrogens is 336 g/mol. The van der Waals surface area contributed by atoms with E-state index in [-0.39, 0.29) is 6.04 Å². The quantitative estimate of drug-likeness (QED) is 0.593. The summed E-state index contributed by atoms with van der Waals surface area (Å²) in [6, 6.07) is 14.8. The highest BCUT2D eigenvalue weighted by Crippen LogP contribution is 2.28. The number of likely N-dealkylation sites (N-methyl/N-ethyl adjacent to an activating group) is 1. The molecule has 4 rings (SSSR count). The molecule has 0 spiro atoms. The Morgan fingerprint density at radius 3 is 2.48 bits per heavy atom. The van der Waals surface area contributed by atoms with Gasteiger partial charge in [0.15, 0.2) is 5.65 Å². The van der Waals surface area contributed by atoms with E-state index in [9.17, 15) is 0 Å². The third kappa shape index (κ3) is 3.11. The number of fused-ring (bicyclic) bond motifs is 3. The van der Waals surface area contributed by atoms with E-state index in [0.717, 1.165) is 41.2 Å². The Hall–Kier alpha value is -2.70. The van der Waals surface area contributed by atoms with Crippen LogP contribution in [0.1, 0.15) is 28.7 Å². The summed E-state index contributed by atoms with van der Waals surface area (Å²) >= 11 is 0. The molecule has 6 heteroatoms. The van der Waals surface area contributed by atoms with E-state index in [0.29, 0.717) is 0 Å². The van der Waals surface area contributed by atoms with Gasteiger partial charge in [-0.25, -0.2) is 0 Å². The van der Waals surface area contributed by atoms with E-state index in [1.54, 1.807) is 0 Å². The first-order chi connectivity index (χ1) is 13.0. The van der Waals surface area contributed by atoms with E-state index < -0.39 is 0 Å². The second-order valence-electron chi connectivity index (χ2n) is 7.50. The molecule has 0 radical (unpaired) electrons. The van der Waals surface area contributed by atoms with Gasteiger partial charge in [0.25, 0.3) is 0 Å². The SMILES string of the molecule is Cc1cc2c(cc(C(N)CN(C)C)c3nnc(C)n32)n1Cc1ccccc1. The summed E-state index contributed by atoms with van der Waals surface area (Å²) in [7, 11) is 4.07. The number of aromatic nitrogens is 4. The van der Waals surface area contributed by atoms with Crippen LogP contribution in [0, 0.1) is 13.8 Å². The fraction of sp³-hybridized carbons (Fsp3) is 0.333. The average Bonchev–Trinajstić information content (AvgIpc) is 3.15. The highest BCUT2D eigenvalue weighted by Gasteiger charge is 2.20. The number of pyridine rings is 1. The molecule has 3 heterocycles. The molecule has 2 N–H and O–H groups in total. The van der Waals surface area contributed by atoms with Crippen molar-refractivity contribution in [2.24, 2.45) is 5.73 Å². The molecule has 0 bridgehead atoms. The summed E-state index contributed by atoms with van der Waals surface area (Å²) in [5, 5.41) is 8.75. The molecule has 1 aromatic carbocycles. The van der Waals surface area contributed by atoms with Gasteiger partial charge in [0, 0.05) is 30.4 Å². The van der Waals surface area contributed by atoms with E-state index in [4.69, 9.17) is 5.73 Å². The molecule has 1 atom stereocenters. The van der Waals surface area contributed by atoms with Gasteiger partial charge in [-0.05, 0) is 45.6 Å². The summed E-state index contributed by atoms with van der Waals surface area (Å²) in [5.41, 5.74) is 13.2. The van der Waals surface area contributed by atoms with Crippen molar-refractivity contribution in [3.63, 3.8) is 0 Å². The normalized spacial score (nSPS) is 13.1. The third-order valence-electron chi connectivity index (χ3n) is 5.09. The minimum absolute atomic E-state index is 0.129. The Balaban J connectivity index is 1.94. The van der Waals surface area contributed by atoms with E-state index in [1.165, 1.54) is 11.3 Å². The summed E-state index contributed by atoms with van der Waals surface area (Å²) in [5.74, 6) is 0.880. The maximum absolute atomic E-state index is 6.54. The molecular formula is C21H26N6. The zero-order valence-electron chi connectivity index (χ0n) is 16.3. The monoisotopic (exact) mass is 362 g/mol. The van der Waals surface area contributed by atoms with E-state index in [2.05, 4.69) is 67.4 Å². The number of hydrogen-bond donors (Lipinski definition) is 1. The van der Waals surface area contributed by atoms with Crippen LogP contribution in [0.2, 0.25) is 0 Å². The predicted molar refractivity (Wildman–Crippen MR) is 109 cm³/mol. The average molecular weight is 362 g/mol. The minimum atomic E-state index is -0.129. The molecule has 0 aliphatic carbocycles. The Bertz CT molecular complexity index is 1090. The van der Waals surface area contributed by atoms with Gasteiger partial charge < -0.3 is 15.2 Å². The van der Waals surface area contributed by atoms with Gasteiger partial charge in [0.1, 0.15) is 5.82 Å². The molecule has 4 aromatic rings. The Morgan fingerprint density at radius 2 is 1.78 bits per heavy atom. The number of aryl methyl sites for hydroxylation is 2. The van der Waals surface area contributed by atoms with Crippen LogP contribution >= 0.6 is 0 Å². The Labute approximate surface area is 159 Å². The lowest BCUT2D eigenvalue weighted by molar-refractivity contribution is 0.377. The van der Waals surface area contributed by atoms with Gasteiger partial charge in [-0.3, -0.25) is 4.40 Å². The number of rotatable bonds is 5. The van der Waals surface area contributed by atoms with Gasteiger partial charge in [-0.1, -0.05) is 30.3 Å². The Morgan fingerprint density at radius 1 is 1.04 bits per heavy atom. The minimum Gasteiger partial charge on any atom is -0.339 e. The fourth-order valence-electron chi connectivity index (χ4n) is 3.80. The molecule has 6 nitrogen and oxygen atoms in total. The first-order valence-corrected chi connectivity index (χ1v) is 9.24. The third-order valence-corrected chi connectivity index (χ3v) is 5.09. The maximum atomic E-state index is 6.54. The molecule has 0 amide bonds. The standard InChI is InChI=1S/C21H26N6/c1-14-10-20-19(26(14)12-16-8-6-5-7-9-16)11-17(18(22)13-25(3)4)21-24-23-15(2)27(20)21/h5-11,18H,12-13,22H2,1-4H3. The van der Waals surface area contributed by atoms with Crippen molar-refractivity contribution < 1.29 is 0 Å². The van der Waals surface area contributed by atoms with Crippen molar-refractivity contribution in [1.29, 1.82) is 0 Å². The molecule has 0 aliphatic rings. The highest BCUT2D eigenvalue weighted by molar-refractivity contribution is 5.83. The lowest BCUT2D eigenvalue weighted by Gasteiger charge is -2.18. The molecule has 3 aromatic heterocycles. The molecule has 1 unspecified atom stereocenters. The van der Waals surface area contributed by atoms with Crippen LogP contribution in [0.5, 0.6) is 0 Å². The molecule has 0 aliphatic heterocycles. The smallest absolute Gasteiger partial charge is 0.166 e. The lowest BCUT2D eigenvalue weighted by atomic mass is 10.1. The Kier molecular flexibility index (Phi) is 4.45. The van der Waals surface area contributed by atoms with E-state index in [1.807, 2.05) is 27.1 Å². The molecule has 0 saturated heterocycles. The summed E-state index contributed by atoms with van der Waals surface area (Å²) in [6.45, 7) is 5.72.